The molecule has 2 heterocycles. The van der Waals surface area contributed by atoms with Crippen molar-refractivity contribution in [1.82, 2.24) is 4.98 Å². The van der Waals surface area contributed by atoms with Gasteiger partial charge < -0.3 is 0 Å². The van der Waals surface area contributed by atoms with Crippen LogP contribution in [0.5, 0.6) is 0 Å². The Bertz CT molecular complexity index is 369. The average molecular weight is 178 g/mol. The molecular formula is C10H11FN2. The summed E-state index contributed by atoms with van der Waals surface area (Å²) in [4.78, 5) is 8.26. The summed E-state index contributed by atoms with van der Waals surface area (Å²) in [6.07, 6.45) is 1.96. The number of pyridine rings is 1. The molecule has 0 atom stereocenters. The second-order valence-corrected chi connectivity index (χ2v) is 3.57. The average Bonchev–Trinajstić information content (AvgIpc) is 2.46. The van der Waals surface area contributed by atoms with Crippen LogP contribution in [0, 0.1) is 11.7 Å². The van der Waals surface area contributed by atoms with Gasteiger partial charge in [-0.25, -0.2) is 14.4 Å². The number of aliphatic imine (C=N–C) groups is 1. The summed E-state index contributed by atoms with van der Waals surface area (Å²) < 4.78 is 12.8. The van der Waals surface area contributed by atoms with Crippen LogP contribution in [0.4, 0.5) is 10.2 Å². The van der Waals surface area contributed by atoms with E-state index in [1.807, 2.05) is 0 Å². The van der Waals surface area contributed by atoms with Gasteiger partial charge >= 0.3 is 0 Å². The molecule has 0 saturated heterocycles. The highest BCUT2D eigenvalue weighted by Gasteiger charge is 2.18. The third-order valence-corrected chi connectivity index (χ3v) is 2.20. The first-order valence-electron chi connectivity index (χ1n) is 4.38. The molecule has 68 valence electrons. The largest absolute Gasteiger partial charge is 0.237 e. The number of nitrogens with zero attached hydrogens (tertiary/aromatic N) is 2. The monoisotopic (exact) mass is 178 g/mol. The summed E-state index contributed by atoms with van der Waals surface area (Å²) in [5, 5.41) is 0. The SMILES string of the molecule is CC(C)C1=Nc2ncc(F)cc2C1. The van der Waals surface area contributed by atoms with Crippen molar-refractivity contribution in [1.29, 1.82) is 0 Å². The maximum Gasteiger partial charge on any atom is 0.155 e. The number of hydrogen-bond donors (Lipinski definition) is 0. The second kappa shape index (κ2) is 2.91. The van der Waals surface area contributed by atoms with Crippen molar-refractivity contribution in [3.05, 3.63) is 23.6 Å². The highest BCUT2D eigenvalue weighted by Crippen LogP contribution is 2.26. The van der Waals surface area contributed by atoms with E-state index < -0.39 is 0 Å². The van der Waals surface area contributed by atoms with Crippen LogP contribution >= 0.6 is 0 Å². The first-order valence-corrected chi connectivity index (χ1v) is 4.38. The van der Waals surface area contributed by atoms with Crippen molar-refractivity contribution < 1.29 is 4.39 Å². The zero-order chi connectivity index (χ0) is 9.42. The van der Waals surface area contributed by atoms with E-state index in [1.165, 1.54) is 12.3 Å². The predicted octanol–water partition coefficient (Wildman–Crippen LogP) is 2.51. The van der Waals surface area contributed by atoms with Crippen LogP contribution in [0.2, 0.25) is 0 Å². The van der Waals surface area contributed by atoms with E-state index in [4.69, 9.17) is 0 Å². The molecule has 0 radical (unpaired) electrons. The van der Waals surface area contributed by atoms with Gasteiger partial charge in [0.15, 0.2) is 5.82 Å². The van der Waals surface area contributed by atoms with Gasteiger partial charge in [0.2, 0.25) is 0 Å². The van der Waals surface area contributed by atoms with Crippen LogP contribution in [0.25, 0.3) is 0 Å². The molecule has 2 nitrogen and oxygen atoms in total. The van der Waals surface area contributed by atoms with Crippen molar-refractivity contribution in [2.75, 3.05) is 0 Å². The lowest BCUT2D eigenvalue weighted by atomic mass is 10.0. The second-order valence-electron chi connectivity index (χ2n) is 3.57. The lowest BCUT2D eigenvalue weighted by molar-refractivity contribution is 0.620. The van der Waals surface area contributed by atoms with Crippen molar-refractivity contribution in [3.63, 3.8) is 0 Å². The van der Waals surface area contributed by atoms with Gasteiger partial charge in [-0.2, -0.15) is 0 Å². The van der Waals surface area contributed by atoms with Crippen LogP contribution in [0.3, 0.4) is 0 Å². The summed E-state index contributed by atoms with van der Waals surface area (Å²) in [5.74, 6) is 0.821. The van der Waals surface area contributed by atoms with Gasteiger partial charge in [0, 0.05) is 17.7 Å². The molecule has 1 aliphatic heterocycles. The molecule has 0 aliphatic carbocycles. The third-order valence-electron chi connectivity index (χ3n) is 2.20. The Labute approximate surface area is 76.5 Å². The van der Waals surface area contributed by atoms with Crippen LogP contribution in [0.1, 0.15) is 19.4 Å². The van der Waals surface area contributed by atoms with E-state index in [9.17, 15) is 4.39 Å². The van der Waals surface area contributed by atoms with Gasteiger partial charge in [-0.1, -0.05) is 13.8 Å². The minimum atomic E-state index is -0.279. The number of fused-ring (bicyclic) bond motifs is 1. The molecule has 1 aromatic heterocycles. The number of hydrogen-bond acceptors (Lipinski definition) is 2. The van der Waals surface area contributed by atoms with Gasteiger partial charge in [-0.3, -0.25) is 0 Å². The van der Waals surface area contributed by atoms with Gasteiger partial charge in [0.05, 0.1) is 6.20 Å². The zero-order valence-corrected chi connectivity index (χ0v) is 7.71. The van der Waals surface area contributed by atoms with Crippen molar-refractivity contribution in [3.8, 4) is 0 Å². The number of halogens is 1. The molecule has 2 rings (SSSR count). The minimum absolute atomic E-state index is 0.279. The van der Waals surface area contributed by atoms with Gasteiger partial charge in [-0.15, -0.1) is 0 Å². The minimum Gasteiger partial charge on any atom is -0.237 e. The summed E-state index contributed by atoms with van der Waals surface area (Å²) >= 11 is 0. The molecule has 0 fully saturated rings. The van der Waals surface area contributed by atoms with E-state index in [0.717, 1.165) is 17.7 Å². The Morgan fingerprint density at radius 1 is 1.46 bits per heavy atom. The molecule has 0 amide bonds. The van der Waals surface area contributed by atoms with E-state index in [0.29, 0.717) is 11.7 Å². The zero-order valence-electron chi connectivity index (χ0n) is 7.71. The normalized spacial score (nSPS) is 14.6. The topological polar surface area (TPSA) is 25.2 Å². The first-order chi connectivity index (χ1) is 6.16. The van der Waals surface area contributed by atoms with Crippen molar-refractivity contribution in [2.45, 2.75) is 20.3 Å². The molecule has 0 N–H and O–H groups in total. The molecular weight excluding hydrogens is 167 g/mol. The molecule has 13 heavy (non-hydrogen) atoms. The predicted molar refractivity (Wildman–Crippen MR) is 49.8 cm³/mol. The summed E-state index contributed by atoms with van der Waals surface area (Å²) in [5.41, 5.74) is 2.00. The quantitative estimate of drug-likeness (QED) is 0.648. The molecule has 3 heteroatoms. The fourth-order valence-corrected chi connectivity index (χ4v) is 1.41. The molecule has 1 aromatic rings. The van der Waals surface area contributed by atoms with Crippen molar-refractivity contribution in [2.24, 2.45) is 10.9 Å². The maximum absolute atomic E-state index is 12.8. The fraction of sp³-hybridized carbons (Fsp3) is 0.400. The molecule has 0 aromatic carbocycles. The first kappa shape index (κ1) is 8.35. The summed E-state index contributed by atoms with van der Waals surface area (Å²) in [7, 11) is 0. The van der Waals surface area contributed by atoms with Gasteiger partial charge in [-0.05, 0) is 12.0 Å². The van der Waals surface area contributed by atoms with Crippen LogP contribution in [-0.4, -0.2) is 10.7 Å². The number of rotatable bonds is 1. The molecule has 0 bridgehead atoms. The van der Waals surface area contributed by atoms with Gasteiger partial charge in [0.1, 0.15) is 5.82 Å². The van der Waals surface area contributed by atoms with E-state index in [1.54, 1.807) is 0 Å². The van der Waals surface area contributed by atoms with Crippen LogP contribution in [-0.2, 0) is 6.42 Å². The Hall–Kier alpha value is -1.25. The van der Waals surface area contributed by atoms with Gasteiger partial charge in [0.25, 0.3) is 0 Å². The Morgan fingerprint density at radius 3 is 2.92 bits per heavy atom. The molecule has 0 unspecified atom stereocenters. The van der Waals surface area contributed by atoms with Crippen molar-refractivity contribution >= 4 is 11.5 Å². The molecule has 0 saturated carbocycles. The molecule has 0 spiro atoms. The van der Waals surface area contributed by atoms with E-state index in [2.05, 4.69) is 23.8 Å². The standard InChI is InChI=1S/C10H11FN2/c1-6(2)9-4-7-3-8(11)5-12-10(7)13-9/h3,5-6H,4H2,1-2H3. The number of aromatic nitrogens is 1. The van der Waals surface area contributed by atoms with Crippen LogP contribution in [0.15, 0.2) is 17.3 Å². The highest BCUT2D eigenvalue weighted by molar-refractivity contribution is 5.94. The fourth-order valence-electron chi connectivity index (χ4n) is 1.41. The molecule has 1 aliphatic rings. The summed E-state index contributed by atoms with van der Waals surface area (Å²) in [6.45, 7) is 4.17. The maximum atomic E-state index is 12.8. The Balaban J connectivity index is 2.36. The van der Waals surface area contributed by atoms with Crippen LogP contribution < -0.4 is 0 Å². The van der Waals surface area contributed by atoms with E-state index in [-0.39, 0.29) is 5.82 Å². The Kier molecular flexibility index (Phi) is 1.87. The summed E-state index contributed by atoms with van der Waals surface area (Å²) in [6, 6.07) is 1.52. The van der Waals surface area contributed by atoms with E-state index >= 15 is 0 Å². The lowest BCUT2D eigenvalue weighted by Gasteiger charge is -2.01. The lowest BCUT2D eigenvalue weighted by Crippen LogP contribution is -2.06. The smallest absolute Gasteiger partial charge is 0.155 e. The third kappa shape index (κ3) is 1.46. The highest BCUT2D eigenvalue weighted by atomic mass is 19.1. The Morgan fingerprint density at radius 2 is 2.23 bits per heavy atom.